The van der Waals surface area contributed by atoms with Crippen LogP contribution in [0.2, 0.25) is 0 Å². The summed E-state index contributed by atoms with van der Waals surface area (Å²) in [5.41, 5.74) is 2.72. The van der Waals surface area contributed by atoms with Crippen LogP contribution in [0.15, 0.2) is 40.8 Å². The van der Waals surface area contributed by atoms with E-state index in [-0.39, 0.29) is 0 Å². The van der Waals surface area contributed by atoms with Crippen molar-refractivity contribution in [2.45, 2.75) is 77.6 Å². The highest BCUT2D eigenvalue weighted by Crippen LogP contribution is 2.38. The third-order valence-corrected chi connectivity index (χ3v) is 5.74. The summed E-state index contributed by atoms with van der Waals surface area (Å²) < 4.78 is 5.86. The molecule has 0 N–H and O–H groups in total. The van der Waals surface area contributed by atoms with Crippen molar-refractivity contribution in [3.63, 3.8) is 0 Å². The Bertz CT molecular complexity index is 599. The fourth-order valence-corrected chi connectivity index (χ4v) is 4.11. The van der Waals surface area contributed by atoms with Crippen LogP contribution in [0.5, 0.6) is 0 Å². The molecular formula is C23H32O. The van der Waals surface area contributed by atoms with E-state index in [1.165, 1.54) is 62.5 Å². The molecule has 1 aliphatic rings. The van der Waals surface area contributed by atoms with Crippen molar-refractivity contribution >= 4 is 0 Å². The molecule has 0 bridgehead atoms. The van der Waals surface area contributed by atoms with Crippen LogP contribution in [0.25, 0.3) is 11.3 Å². The summed E-state index contributed by atoms with van der Waals surface area (Å²) in [5.74, 6) is 3.82. The maximum atomic E-state index is 5.86. The summed E-state index contributed by atoms with van der Waals surface area (Å²) >= 11 is 0. The zero-order chi connectivity index (χ0) is 16.8. The number of aryl methyl sites for hydroxylation is 1. The number of furan rings is 1. The average molecular weight is 325 g/mol. The highest BCUT2D eigenvalue weighted by molar-refractivity contribution is 5.58. The third kappa shape index (κ3) is 4.32. The Morgan fingerprint density at radius 1 is 0.875 bits per heavy atom. The van der Waals surface area contributed by atoms with Crippen LogP contribution in [0.3, 0.4) is 0 Å². The molecule has 130 valence electrons. The van der Waals surface area contributed by atoms with E-state index in [2.05, 4.69) is 50.2 Å². The van der Waals surface area contributed by atoms with Gasteiger partial charge in [-0.05, 0) is 55.2 Å². The number of hydrogen-bond donors (Lipinski definition) is 0. The summed E-state index contributed by atoms with van der Waals surface area (Å²) in [6.45, 7) is 4.43. The predicted octanol–water partition coefficient (Wildman–Crippen LogP) is 7.36. The maximum Gasteiger partial charge on any atom is 0.134 e. The Labute approximate surface area is 147 Å². The van der Waals surface area contributed by atoms with Crippen LogP contribution in [-0.2, 0) is 6.42 Å². The van der Waals surface area contributed by atoms with Gasteiger partial charge < -0.3 is 4.42 Å². The molecule has 0 atom stereocenters. The van der Waals surface area contributed by atoms with E-state index in [9.17, 15) is 0 Å². The lowest BCUT2D eigenvalue weighted by atomic mass is 9.77. The van der Waals surface area contributed by atoms with Crippen LogP contribution in [0.4, 0.5) is 0 Å². The van der Waals surface area contributed by atoms with Gasteiger partial charge in [0.2, 0.25) is 0 Å². The highest BCUT2D eigenvalue weighted by Gasteiger charge is 2.22. The Kier molecular flexibility index (Phi) is 6.18. The molecule has 0 saturated heterocycles. The molecule has 1 heteroatoms. The van der Waals surface area contributed by atoms with Crippen LogP contribution in [0, 0.1) is 5.92 Å². The molecule has 1 saturated carbocycles. The zero-order valence-electron chi connectivity index (χ0n) is 15.4. The normalized spacial score (nSPS) is 21.1. The SMILES string of the molecule is CCCCCC1CCC(c2ccc(-c3ccc(CC)o3)cc2)CC1. The molecule has 1 fully saturated rings. The first-order valence-electron chi connectivity index (χ1n) is 9.99. The number of benzene rings is 1. The minimum absolute atomic E-state index is 0.768. The molecule has 0 radical (unpaired) electrons. The fraction of sp³-hybridized carbons (Fsp3) is 0.565. The summed E-state index contributed by atoms with van der Waals surface area (Å²) in [6, 6.07) is 13.3. The zero-order valence-corrected chi connectivity index (χ0v) is 15.4. The second kappa shape index (κ2) is 8.55. The largest absolute Gasteiger partial charge is 0.461 e. The smallest absolute Gasteiger partial charge is 0.134 e. The van der Waals surface area contributed by atoms with Crippen molar-refractivity contribution in [3.8, 4) is 11.3 Å². The van der Waals surface area contributed by atoms with E-state index >= 15 is 0 Å². The van der Waals surface area contributed by atoms with E-state index < -0.39 is 0 Å². The van der Waals surface area contributed by atoms with Crippen LogP contribution >= 0.6 is 0 Å². The number of unbranched alkanes of at least 4 members (excludes halogenated alkanes) is 2. The van der Waals surface area contributed by atoms with Crippen molar-refractivity contribution in [2.75, 3.05) is 0 Å². The van der Waals surface area contributed by atoms with E-state index in [0.29, 0.717) is 0 Å². The van der Waals surface area contributed by atoms with E-state index in [1.54, 1.807) is 0 Å². The first-order chi connectivity index (χ1) is 11.8. The highest BCUT2D eigenvalue weighted by atomic mass is 16.3. The standard InChI is InChI=1S/C23H32O/c1-3-5-6-7-18-8-10-19(11-9-18)20-12-14-21(15-13-20)23-17-16-22(4-2)24-23/h12-19H,3-11H2,1-2H3. The summed E-state index contributed by atoms with van der Waals surface area (Å²) in [7, 11) is 0. The lowest BCUT2D eigenvalue weighted by Crippen LogP contribution is -2.13. The molecule has 1 aromatic heterocycles. The van der Waals surface area contributed by atoms with Gasteiger partial charge in [0.25, 0.3) is 0 Å². The van der Waals surface area contributed by atoms with Gasteiger partial charge in [0.05, 0.1) is 0 Å². The molecule has 3 rings (SSSR count). The first kappa shape index (κ1) is 17.3. The Morgan fingerprint density at radius 2 is 1.62 bits per heavy atom. The van der Waals surface area contributed by atoms with Crippen molar-refractivity contribution in [3.05, 3.63) is 47.7 Å². The summed E-state index contributed by atoms with van der Waals surface area (Å²) in [4.78, 5) is 0. The van der Waals surface area contributed by atoms with Crippen molar-refractivity contribution in [2.24, 2.45) is 5.92 Å². The van der Waals surface area contributed by atoms with Gasteiger partial charge >= 0.3 is 0 Å². The molecule has 1 aromatic carbocycles. The lowest BCUT2D eigenvalue weighted by Gasteiger charge is -2.29. The Hall–Kier alpha value is -1.50. The quantitative estimate of drug-likeness (QED) is 0.485. The molecule has 24 heavy (non-hydrogen) atoms. The summed E-state index contributed by atoms with van der Waals surface area (Å²) in [6.07, 6.45) is 12.2. The van der Waals surface area contributed by atoms with E-state index in [4.69, 9.17) is 4.42 Å². The number of rotatable bonds is 7. The van der Waals surface area contributed by atoms with Gasteiger partial charge in [0, 0.05) is 12.0 Å². The third-order valence-electron chi connectivity index (χ3n) is 5.74. The van der Waals surface area contributed by atoms with Crippen LogP contribution in [-0.4, -0.2) is 0 Å². The molecule has 0 aliphatic heterocycles. The maximum absolute atomic E-state index is 5.86. The van der Waals surface area contributed by atoms with Crippen molar-refractivity contribution in [1.82, 2.24) is 0 Å². The Balaban J connectivity index is 1.55. The van der Waals surface area contributed by atoms with Gasteiger partial charge in [-0.15, -0.1) is 0 Å². The van der Waals surface area contributed by atoms with Crippen LogP contribution in [0.1, 0.15) is 82.5 Å². The second-order valence-corrected chi connectivity index (χ2v) is 7.45. The van der Waals surface area contributed by atoms with E-state index in [0.717, 1.165) is 29.8 Å². The molecule has 0 unspecified atom stereocenters. The molecule has 1 nitrogen and oxygen atoms in total. The molecular weight excluding hydrogens is 292 g/mol. The molecule has 2 aromatic rings. The van der Waals surface area contributed by atoms with Crippen molar-refractivity contribution < 1.29 is 4.42 Å². The lowest BCUT2D eigenvalue weighted by molar-refractivity contribution is 0.303. The second-order valence-electron chi connectivity index (χ2n) is 7.45. The van der Waals surface area contributed by atoms with Gasteiger partial charge in [-0.2, -0.15) is 0 Å². The van der Waals surface area contributed by atoms with Crippen LogP contribution < -0.4 is 0 Å². The Morgan fingerprint density at radius 3 is 2.25 bits per heavy atom. The molecule has 0 spiro atoms. The van der Waals surface area contributed by atoms with Gasteiger partial charge in [-0.1, -0.05) is 63.8 Å². The van der Waals surface area contributed by atoms with Gasteiger partial charge in [0.15, 0.2) is 0 Å². The average Bonchev–Trinajstić information content (AvgIpc) is 3.12. The molecule has 1 heterocycles. The minimum Gasteiger partial charge on any atom is -0.461 e. The summed E-state index contributed by atoms with van der Waals surface area (Å²) in [5, 5.41) is 0. The van der Waals surface area contributed by atoms with Crippen molar-refractivity contribution in [1.29, 1.82) is 0 Å². The minimum atomic E-state index is 0.768. The van der Waals surface area contributed by atoms with Gasteiger partial charge in [-0.3, -0.25) is 0 Å². The molecule has 1 aliphatic carbocycles. The van der Waals surface area contributed by atoms with E-state index in [1.807, 2.05) is 0 Å². The topological polar surface area (TPSA) is 13.1 Å². The fourth-order valence-electron chi connectivity index (χ4n) is 4.11. The first-order valence-corrected chi connectivity index (χ1v) is 9.99. The number of hydrogen-bond acceptors (Lipinski definition) is 1. The monoisotopic (exact) mass is 324 g/mol. The molecule has 0 amide bonds. The predicted molar refractivity (Wildman–Crippen MR) is 102 cm³/mol. The van der Waals surface area contributed by atoms with Gasteiger partial charge in [-0.25, -0.2) is 0 Å². The van der Waals surface area contributed by atoms with Gasteiger partial charge in [0.1, 0.15) is 11.5 Å².